The van der Waals surface area contributed by atoms with Gasteiger partial charge in [-0.3, -0.25) is 0 Å². The summed E-state index contributed by atoms with van der Waals surface area (Å²) in [5.41, 5.74) is 1.48. The maximum Gasteiger partial charge on any atom is 0.148 e. The highest BCUT2D eigenvalue weighted by atomic mass is 32.1. The molecule has 0 radical (unpaired) electrons. The molecule has 3 aromatic heterocycles. The highest BCUT2D eigenvalue weighted by molar-refractivity contribution is 7.17. The van der Waals surface area contributed by atoms with Gasteiger partial charge in [-0.05, 0) is 55.7 Å². The summed E-state index contributed by atoms with van der Waals surface area (Å²) >= 11 is 3.16. The number of thiophene rings is 1. The normalized spacial score (nSPS) is 23.9. The number of aliphatic hydroxyl groups is 1. The van der Waals surface area contributed by atoms with Crippen LogP contribution in [0.1, 0.15) is 36.2 Å². The van der Waals surface area contributed by atoms with Crippen molar-refractivity contribution in [3.05, 3.63) is 33.9 Å². The summed E-state index contributed by atoms with van der Waals surface area (Å²) < 4.78 is 5.40. The molecular formula is C16H18N4OS2. The molecule has 1 saturated carbocycles. The molecule has 7 heteroatoms. The highest BCUT2D eigenvalue weighted by Crippen LogP contribution is 2.35. The molecule has 0 aromatic carbocycles. The smallest absolute Gasteiger partial charge is 0.148 e. The third-order valence-corrected chi connectivity index (χ3v) is 5.86. The van der Waals surface area contributed by atoms with Crippen molar-refractivity contribution in [1.29, 1.82) is 0 Å². The van der Waals surface area contributed by atoms with Gasteiger partial charge in [-0.2, -0.15) is 4.37 Å². The molecule has 120 valence electrons. The van der Waals surface area contributed by atoms with E-state index < -0.39 is 5.60 Å². The van der Waals surface area contributed by atoms with E-state index in [2.05, 4.69) is 20.7 Å². The molecule has 0 unspecified atom stereocenters. The molecule has 1 aliphatic rings. The van der Waals surface area contributed by atoms with Crippen LogP contribution in [0.15, 0.2) is 17.5 Å². The van der Waals surface area contributed by atoms with Crippen LogP contribution >= 0.6 is 22.9 Å². The minimum Gasteiger partial charge on any atom is -0.390 e. The van der Waals surface area contributed by atoms with E-state index in [9.17, 15) is 5.11 Å². The van der Waals surface area contributed by atoms with Crippen LogP contribution < -0.4 is 5.32 Å². The molecule has 1 aliphatic carbocycles. The summed E-state index contributed by atoms with van der Waals surface area (Å²) in [7, 11) is 0. The molecule has 0 atom stereocenters. The maximum atomic E-state index is 9.91. The number of rotatable bonds is 4. The minimum atomic E-state index is -0.539. The Labute approximate surface area is 142 Å². The van der Waals surface area contributed by atoms with E-state index in [0.29, 0.717) is 6.42 Å². The van der Waals surface area contributed by atoms with Gasteiger partial charge in [-0.25, -0.2) is 9.97 Å². The largest absolute Gasteiger partial charge is 0.390 e. The standard InChI is InChI=1S/C16H18N4OS2/c1-9-5-11(23-20-9)6-13-18-12-3-4-22-14(12)15(19-13)17-10-7-16(2,21)8-10/h3-5,10,21H,6-8H2,1-2H3,(H,17,18,19). The van der Waals surface area contributed by atoms with Gasteiger partial charge in [0.15, 0.2) is 0 Å². The second-order valence-corrected chi connectivity index (χ2v) is 8.29. The van der Waals surface area contributed by atoms with Gasteiger partial charge in [-0.15, -0.1) is 11.3 Å². The molecule has 0 saturated heterocycles. The average Bonchev–Trinajstić information content (AvgIpc) is 3.06. The predicted octanol–water partition coefficient (Wildman–Crippen LogP) is 3.37. The summed E-state index contributed by atoms with van der Waals surface area (Å²) in [6.07, 6.45) is 2.22. The highest BCUT2D eigenvalue weighted by Gasteiger charge is 2.38. The van der Waals surface area contributed by atoms with E-state index >= 15 is 0 Å². The molecule has 4 rings (SSSR count). The number of fused-ring (bicyclic) bond motifs is 1. The number of hydrogen-bond acceptors (Lipinski definition) is 7. The predicted molar refractivity (Wildman–Crippen MR) is 94.3 cm³/mol. The van der Waals surface area contributed by atoms with Crippen LogP contribution in [-0.4, -0.2) is 31.1 Å². The van der Waals surface area contributed by atoms with Gasteiger partial charge in [0.2, 0.25) is 0 Å². The van der Waals surface area contributed by atoms with E-state index in [1.807, 2.05) is 25.3 Å². The Bertz CT molecular complexity index is 847. The van der Waals surface area contributed by atoms with Crippen LogP contribution in [0.4, 0.5) is 5.82 Å². The third-order valence-electron chi connectivity index (χ3n) is 4.07. The fourth-order valence-electron chi connectivity index (χ4n) is 3.04. The number of nitrogens with one attached hydrogen (secondary N) is 1. The van der Waals surface area contributed by atoms with Gasteiger partial charge in [0.25, 0.3) is 0 Å². The fourth-order valence-corrected chi connectivity index (χ4v) is 4.56. The molecule has 5 nitrogen and oxygen atoms in total. The van der Waals surface area contributed by atoms with Crippen molar-refractivity contribution >= 4 is 38.9 Å². The van der Waals surface area contributed by atoms with E-state index in [1.54, 1.807) is 11.3 Å². The topological polar surface area (TPSA) is 70.9 Å². The van der Waals surface area contributed by atoms with Crippen molar-refractivity contribution < 1.29 is 5.11 Å². The zero-order valence-electron chi connectivity index (χ0n) is 13.0. The second kappa shape index (κ2) is 5.51. The van der Waals surface area contributed by atoms with E-state index in [-0.39, 0.29) is 6.04 Å². The van der Waals surface area contributed by atoms with Crippen LogP contribution in [0.5, 0.6) is 0 Å². The van der Waals surface area contributed by atoms with Gasteiger partial charge in [0.1, 0.15) is 11.6 Å². The summed E-state index contributed by atoms with van der Waals surface area (Å²) in [6.45, 7) is 3.88. The molecule has 0 aliphatic heterocycles. The molecule has 3 aromatic rings. The lowest BCUT2D eigenvalue weighted by molar-refractivity contribution is -0.0234. The lowest BCUT2D eigenvalue weighted by Gasteiger charge is -2.41. The summed E-state index contributed by atoms with van der Waals surface area (Å²) in [5.74, 6) is 1.70. The number of aryl methyl sites for hydroxylation is 1. The third kappa shape index (κ3) is 3.08. The van der Waals surface area contributed by atoms with Gasteiger partial charge >= 0.3 is 0 Å². The first-order valence-corrected chi connectivity index (χ1v) is 9.29. The first kappa shape index (κ1) is 15.0. The molecule has 0 bridgehead atoms. The Morgan fingerprint density at radius 2 is 2.22 bits per heavy atom. The van der Waals surface area contributed by atoms with Gasteiger partial charge in [0, 0.05) is 17.3 Å². The lowest BCUT2D eigenvalue weighted by atomic mass is 9.77. The zero-order chi connectivity index (χ0) is 16.0. The molecular weight excluding hydrogens is 328 g/mol. The summed E-state index contributed by atoms with van der Waals surface area (Å²) in [4.78, 5) is 10.6. The number of hydrogen-bond donors (Lipinski definition) is 2. The molecule has 0 amide bonds. The van der Waals surface area contributed by atoms with E-state index in [1.165, 1.54) is 16.4 Å². The molecule has 0 spiro atoms. The number of anilines is 1. The van der Waals surface area contributed by atoms with Crippen LogP contribution in [0.3, 0.4) is 0 Å². The molecule has 3 heterocycles. The SMILES string of the molecule is Cc1cc(Cc2nc(NC3CC(C)(O)C3)c3sccc3n2)sn1. The molecule has 23 heavy (non-hydrogen) atoms. The number of nitrogens with zero attached hydrogens (tertiary/aromatic N) is 3. The first-order chi connectivity index (χ1) is 11.0. The van der Waals surface area contributed by atoms with E-state index in [4.69, 9.17) is 4.98 Å². The van der Waals surface area contributed by atoms with Crippen molar-refractivity contribution in [1.82, 2.24) is 14.3 Å². The van der Waals surface area contributed by atoms with Crippen molar-refractivity contribution in [3.63, 3.8) is 0 Å². The Morgan fingerprint density at radius 1 is 1.39 bits per heavy atom. The van der Waals surface area contributed by atoms with E-state index in [0.717, 1.165) is 40.4 Å². The fraction of sp³-hybridized carbons (Fsp3) is 0.438. The minimum absolute atomic E-state index is 0.281. The average molecular weight is 346 g/mol. The van der Waals surface area contributed by atoms with Crippen molar-refractivity contribution in [2.75, 3.05) is 5.32 Å². The molecule has 2 N–H and O–H groups in total. The zero-order valence-corrected chi connectivity index (χ0v) is 14.7. The first-order valence-electron chi connectivity index (χ1n) is 7.64. The monoisotopic (exact) mass is 346 g/mol. The van der Waals surface area contributed by atoms with Crippen LogP contribution in [0, 0.1) is 6.92 Å². The van der Waals surface area contributed by atoms with Crippen molar-refractivity contribution in [3.8, 4) is 0 Å². The summed E-state index contributed by atoms with van der Waals surface area (Å²) in [6, 6.07) is 4.40. The van der Waals surface area contributed by atoms with Gasteiger partial charge in [0.05, 0.1) is 21.5 Å². The number of aromatic nitrogens is 3. The Balaban J connectivity index is 1.62. The van der Waals surface area contributed by atoms with Gasteiger partial charge in [-0.1, -0.05) is 0 Å². The maximum absolute atomic E-state index is 9.91. The van der Waals surface area contributed by atoms with Crippen molar-refractivity contribution in [2.24, 2.45) is 0 Å². The van der Waals surface area contributed by atoms with Crippen LogP contribution in [0.25, 0.3) is 10.2 Å². The lowest BCUT2D eigenvalue weighted by Crippen LogP contribution is -2.48. The second-order valence-electron chi connectivity index (χ2n) is 6.48. The van der Waals surface area contributed by atoms with Crippen LogP contribution in [0.2, 0.25) is 0 Å². The quantitative estimate of drug-likeness (QED) is 0.758. The van der Waals surface area contributed by atoms with Crippen molar-refractivity contribution in [2.45, 2.75) is 44.8 Å². The molecule has 1 fully saturated rings. The van der Waals surface area contributed by atoms with Gasteiger partial charge < -0.3 is 10.4 Å². The Kier molecular flexibility index (Phi) is 3.59. The van der Waals surface area contributed by atoms with Crippen LogP contribution in [-0.2, 0) is 6.42 Å². The Morgan fingerprint density at radius 3 is 2.91 bits per heavy atom. The summed E-state index contributed by atoms with van der Waals surface area (Å²) in [5, 5.41) is 15.4. The Hall–Kier alpha value is -1.57.